The number of benzene rings is 2. The van der Waals surface area contributed by atoms with E-state index in [2.05, 4.69) is 52.4 Å². The van der Waals surface area contributed by atoms with Crippen LogP contribution in [0.5, 0.6) is 0 Å². The zero-order chi connectivity index (χ0) is 27.4. The summed E-state index contributed by atoms with van der Waals surface area (Å²) in [5, 5.41) is 2.91. The van der Waals surface area contributed by atoms with Crippen molar-refractivity contribution in [2.75, 3.05) is 26.2 Å². The molecule has 1 saturated heterocycles. The van der Waals surface area contributed by atoms with Crippen molar-refractivity contribution in [3.63, 3.8) is 0 Å². The normalized spacial score (nSPS) is 28.0. The van der Waals surface area contributed by atoms with Crippen LogP contribution in [0.1, 0.15) is 68.4 Å². The minimum Gasteiger partial charge on any atom is -0.444 e. The van der Waals surface area contributed by atoms with E-state index in [4.69, 9.17) is 4.74 Å². The third kappa shape index (κ3) is 4.32. The highest BCUT2D eigenvalue weighted by Gasteiger charge is 2.69. The van der Waals surface area contributed by atoms with Crippen molar-refractivity contribution in [1.82, 2.24) is 15.1 Å². The standard InChI is InChI=1S/C33H41N3O3/c1-5-35(17-11-16-34-31(38)39-32(2,3)4)28-20-33(26-15-10-9-14-25(26)28)24-18-23-21-36(27(19-24)29(23)33)30(37)22-12-7-6-8-13-22/h6-10,12-15,20,23-24,27,29H,5,11,16-19,21H2,1-4H3,(H,34,38)/t23-,24?,27?,29?,33?/m1/s1. The molecule has 3 fully saturated rings. The number of nitrogens with one attached hydrogen (secondary N) is 1. The first kappa shape index (κ1) is 26.0. The van der Waals surface area contributed by atoms with E-state index < -0.39 is 5.60 Å². The number of allylic oxidation sites excluding steroid dienone is 1. The van der Waals surface area contributed by atoms with Crippen LogP contribution in [0.25, 0.3) is 5.70 Å². The Morgan fingerprint density at radius 3 is 2.56 bits per heavy atom. The number of carbonyl (C=O) groups is 2. The molecule has 6 nitrogen and oxygen atoms in total. The monoisotopic (exact) mass is 527 g/mol. The molecule has 0 radical (unpaired) electrons. The lowest BCUT2D eigenvalue weighted by Gasteiger charge is -2.31. The van der Waals surface area contributed by atoms with Gasteiger partial charge in [-0.25, -0.2) is 4.79 Å². The van der Waals surface area contributed by atoms with Gasteiger partial charge in [-0.1, -0.05) is 42.5 Å². The molecule has 2 bridgehead atoms. The number of carbonyl (C=O) groups excluding carboxylic acids is 2. The minimum atomic E-state index is -0.492. The van der Waals surface area contributed by atoms with Gasteiger partial charge < -0.3 is 19.9 Å². The highest BCUT2D eigenvalue weighted by Crippen LogP contribution is 2.69. The van der Waals surface area contributed by atoms with Gasteiger partial charge in [0.15, 0.2) is 0 Å². The third-order valence-electron chi connectivity index (χ3n) is 9.42. The van der Waals surface area contributed by atoms with E-state index in [1.54, 1.807) is 0 Å². The van der Waals surface area contributed by atoms with E-state index in [0.717, 1.165) is 38.0 Å². The van der Waals surface area contributed by atoms with Crippen LogP contribution in [0.15, 0.2) is 60.7 Å². The van der Waals surface area contributed by atoms with Gasteiger partial charge in [-0.2, -0.15) is 0 Å². The van der Waals surface area contributed by atoms with Crippen molar-refractivity contribution in [2.24, 2.45) is 17.8 Å². The molecule has 2 aromatic rings. The number of likely N-dealkylation sites (tertiary alicyclic amines) is 1. The predicted octanol–water partition coefficient (Wildman–Crippen LogP) is 5.70. The molecule has 1 aliphatic heterocycles. The molecule has 5 atom stereocenters. The summed E-state index contributed by atoms with van der Waals surface area (Å²) in [7, 11) is 0. The second-order valence-corrected chi connectivity index (χ2v) is 12.7. The van der Waals surface area contributed by atoms with Crippen molar-refractivity contribution in [3.05, 3.63) is 77.4 Å². The molecule has 1 N–H and O–H groups in total. The van der Waals surface area contributed by atoms with Crippen molar-refractivity contribution in [1.29, 1.82) is 0 Å². The Morgan fingerprint density at radius 2 is 1.82 bits per heavy atom. The average molecular weight is 528 g/mol. The van der Waals surface area contributed by atoms with Crippen molar-refractivity contribution in [3.8, 4) is 0 Å². The van der Waals surface area contributed by atoms with E-state index in [0.29, 0.717) is 30.3 Å². The maximum atomic E-state index is 13.6. The van der Waals surface area contributed by atoms with Crippen LogP contribution >= 0.6 is 0 Å². The van der Waals surface area contributed by atoms with Crippen molar-refractivity contribution < 1.29 is 14.3 Å². The molecule has 39 heavy (non-hydrogen) atoms. The van der Waals surface area contributed by atoms with Crippen molar-refractivity contribution >= 4 is 17.7 Å². The van der Waals surface area contributed by atoms with E-state index in [1.165, 1.54) is 23.2 Å². The SMILES string of the molecule is CCN(CCCNC(=O)OC(C)(C)C)C1=CC2(c3ccccc31)C1CC3C2[C@H](C1)CN3C(=O)c1ccccc1. The molecule has 4 unspecified atom stereocenters. The van der Waals surface area contributed by atoms with Gasteiger partial charge in [0.25, 0.3) is 5.91 Å². The maximum Gasteiger partial charge on any atom is 0.407 e. The Labute approximate surface area is 232 Å². The molecule has 6 heteroatoms. The number of ether oxygens (including phenoxy) is 1. The Balaban J connectivity index is 1.22. The molecule has 1 heterocycles. The summed E-state index contributed by atoms with van der Waals surface area (Å²) in [6, 6.07) is 19.1. The fourth-order valence-electron chi connectivity index (χ4n) is 8.17. The van der Waals surface area contributed by atoms with Crippen LogP contribution in [-0.2, 0) is 10.2 Å². The molecule has 1 spiro atoms. The molecular weight excluding hydrogens is 486 g/mol. The van der Waals surface area contributed by atoms with Gasteiger partial charge in [-0.05, 0) is 88.5 Å². The number of hydrogen-bond donors (Lipinski definition) is 1. The molecule has 6 rings (SSSR count). The van der Waals surface area contributed by atoms with Gasteiger partial charge in [0.2, 0.25) is 0 Å². The molecule has 3 aliphatic carbocycles. The number of rotatable bonds is 7. The summed E-state index contributed by atoms with van der Waals surface area (Å²) in [5.41, 5.74) is 4.45. The summed E-state index contributed by atoms with van der Waals surface area (Å²) in [5.74, 6) is 1.78. The lowest BCUT2D eigenvalue weighted by molar-refractivity contribution is 0.0526. The van der Waals surface area contributed by atoms with Crippen LogP contribution in [0.4, 0.5) is 4.79 Å². The van der Waals surface area contributed by atoms with Gasteiger partial charge in [0.1, 0.15) is 5.60 Å². The average Bonchev–Trinajstić information content (AvgIpc) is 3.58. The number of fused-ring (bicyclic) bond motifs is 1. The molecular formula is C33H41N3O3. The number of amides is 2. The fourth-order valence-corrected chi connectivity index (χ4v) is 8.17. The molecule has 206 valence electrons. The topological polar surface area (TPSA) is 61.9 Å². The van der Waals surface area contributed by atoms with Crippen LogP contribution in [-0.4, -0.2) is 59.6 Å². The molecule has 0 aromatic heterocycles. The summed E-state index contributed by atoms with van der Waals surface area (Å²) in [4.78, 5) is 30.3. The Kier molecular flexibility index (Phi) is 6.47. The Bertz CT molecular complexity index is 1280. The number of hydrogen-bond acceptors (Lipinski definition) is 4. The zero-order valence-corrected chi connectivity index (χ0v) is 23.7. The van der Waals surface area contributed by atoms with E-state index >= 15 is 0 Å². The van der Waals surface area contributed by atoms with Gasteiger partial charge in [-0.3, -0.25) is 4.79 Å². The summed E-state index contributed by atoms with van der Waals surface area (Å²) < 4.78 is 5.39. The lowest BCUT2D eigenvalue weighted by Crippen LogP contribution is -2.38. The maximum absolute atomic E-state index is 13.6. The van der Waals surface area contributed by atoms with Gasteiger partial charge in [0, 0.05) is 54.5 Å². The second-order valence-electron chi connectivity index (χ2n) is 12.7. The third-order valence-corrected chi connectivity index (χ3v) is 9.42. The Morgan fingerprint density at radius 1 is 1.08 bits per heavy atom. The number of alkyl carbamates (subject to hydrolysis) is 1. The van der Waals surface area contributed by atoms with Crippen molar-refractivity contribution in [2.45, 2.75) is 64.0 Å². The first-order valence-corrected chi connectivity index (χ1v) is 14.6. The van der Waals surface area contributed by atoms with E-state index in [9.17, 15) is 9.59 Å². The molecule has 4 aliphatic rings. The summed E-state index contributed by atoms with van der Waals surface area (Å²) >= 11 is 0. The first-order chi connectivity index (χ1) is 18.7. The summed E-state index contributed by atoms with van der Waals surface area (Å²) in [6.45, 7) is 11.1. The van der Waals surface area contributed by atoms with Crippen LogP contribution in [0.3, 0.4) is 0 Å². The van der Waals surface area contributed by atoms with Gasteiger partial charge >= 0.3 is 6.09 Å². The van der Waals surface area contributed by atoms with Crippen LogP contribution in [0, 0.1) is 17.8 Å². The highest BCUT2D eigenvalue weighted by atomic mass is 16.6. The fraction of sp³-hybridized carbons (Fsp3) is 0.515. The smallest absolute Gasteiger partial charge is 0.407 e. The van der Waals surface area contributed by atoms with Gasteiger partial charge in [0.05, 0.1) is 0 Å². The minimum absolute atomic E-state index is 0.00909. The van der Waals surface area contributed by atoms with Gasteiger partial charge in [-0.15, -0.1) is 0 Å². The highest BCUT2D eigenvalue weighted by molar-refractivity contribution is 5.95. The molecule has 2 saturated carbocycles. The lowest BCUT2D eigenvalue weighted by atomic mass is 9.72. The predicted molar refractivity (Wildman–Crippen MR) is 153 cm³/mol. The quantitative estimate of drug-likeness (QED) is 0.470. The van der Waals surface area contributed by atoms with E-state index in [1.807, 2.05) is 51.1 Å². The van der Waals surface area contributed by atoms with Crippen LogP contribution in [0.2, 0.25) is 0 Å². The molecule has 2 aromatic carbocycles. The largest absolute Gasteiger partial charge is 0.444 e. The Hall–Kier alpha value is -3.28. The van der Waals surface area contributed by atoms with Crippen LogP contribution < -0.4 is 5.32 Å². The molecule has 2 amide bonds. The zero-order valence-electron chi connectivity index (χ0n) is 23.7. The first-order valence-electron chi connectivity index (χ1n) is 14.6. The number of nitrogens with zero attached hydrogens (tertiary/aromatic N) is 2. The van der Waals surface area contributed by atoms with E-state index in [-0.39, 0.29) is 17.4 Å². The second kappa shape index (κ2) is 9.72. The summed E-state index contributed by atoms with van der Waals surface area (Å²) in [6.07, 6.45) is 5.36.